The largest absolute Gasteiger partial charge is 0.493 e. The van der Waals surface area contributed by atoms with E-state index in [0.717, 1.165) is 12.8 Å². The van der Waals surface area contributed by atoms with Crippen molar-refractivity contribution in [2.24, 2.45) is 5.92 Å². The maximum Gasteiger partial charge on any atom is 0.286 e. The summed E-state index contributed by atoms with van der Waals surface area (Å²) in [4.78, 5) is 25.6. The third kappa shape index (κ3) is 3.96. The van der Waals surface area contributed by atoms with Gasteiger partial charge in [0.05, 0.1) is 24.7 Å². The van der Waals surface area contributed by atoms with Gasteiger partial charge in [0.2, 0.25) is 0 Å². The Bertz CT molecular complexity index is 626. The second-order valence-corrected chi connectivity index (χ2v) is 6.29. The second-order valence-electron chi connectivity index (χ2n) is 6.29. The lowest BCUT2D eigenvalue weighted by Gasteiger charge is -2.24. The van der Waals surface area contributed by atoms with Crippen molar-refractivity contribution in [1.29, 1.82) is 0 Å². The number of carbonyl (C=O) groups is 1. The number of hydrogen-bond acceptors (Lipinski definition) is 5. The van der Waals surface area contributed by atoms with Crippen molar-refractivity contribution in [2.45, 2.75) is 39.7 Å². The van der Waals surface area contributed by atoms with Crippen molar-refractivity contribution in [2.75, 3.05) is 20.3 Å². The van der Waals surface area contributed by atoms with Crippen molar-refractivity contribution in [1.82, 2.24) is 4.90 Å². The number of hydrogen-bond donors (Lipinski definition) is 0. The van der Waals surface area contributed by atoms with Gasteiger partial charge in [-0.05, 0) is 25.7 Å². The van der Waals surface area contributed by atoms with Gasteiger partial charge in [-0.3, -0.25) is 14.9 Å². The number of ether oxygens (including phenoxy) is 2. The molecule has 0 bridgehead atoms. The number of amides is 1. The summed E-state index contributed by atoms with van der Waals surface area (Å²) in [5, 5.41) is 11.4. The normalized spacial score (nSPS) is 13.7. The van der Waals surface area contributed by atoms with E-state index in [1.165, 1.54) is 19.2 Å². The predicted octanol–water partition coefficient (Wildman–Crippen LogP) is 3.26. The Kier molecular flexibility index (Phi) is 5.64. The first-order chi connectivity index (χ1) is 11.4. The van der Waals surface area contributed by atoms with Crippen LogP contribution in [0.2, 0.25) is 0 Å². The summed E-state index contributed by atoms with van der Waals surface area (Å²) in [6.07, 6.45) is 1.89. The maximum absolute atomic E-state index is 13.0. The highest BCUT2D eigenvalue weighted by atomic mass is 16.6. The van der Waals surface area contributed by atoms with E-state index in [4.69, 9.17) is 9.47 Å². The molecule has 0 heterocycles. The molecule has 1 amide bonds. The minimum Gasteiger partial charge on any atom is -0.493 e. The van der Waals surface area contributed by atoms with Crippen LogP contribution in [0.4, 0.5) is 5.69 Å². The topological polar surface area (TPSA) is 81.9 Å². The molecule has 0 radical (unpaired) electrons. The van der Waals surface area contributed by atoms with Gasteiger partial charge in [-0.2, -0.15) is 0 Å². The highest BCUT2D eigenvalue weighted by Crippen LogP contribution is 2.37. The molecule has 1 saturated carbocycles. The Hall–Kier alpha value is -2.31. The zero-order valence-electron chi connectivity index (χ0n) is 14.6. The van der Waals surface area contributed by atoms with E-state index in [9.17, 15) is 14.9 Å². The van der Waals surface area contributed by atoms with Gasteiger partial charge in [-0.1, -0.05) is 13.8 Å². The number of carbonyl (C=O) groups excluding carboxylic acids is 1. The van der Waals surface area contributed by atoms with Crippen LogP contribution in [0.5, 0.6) is 11.5 Å². The van der Waals surface area contributed by atoms with Gasteiger partial charge in [0, 0.05) is 18.7 Å². The van der Waals surface area contributed by atoms with E-state index in [1.807, 2.05) is 13.8 Å². The lowest BCUT2D eigenvalue weighted by Crippen LogP contribution is -2.36. The molecule has 1 fully saturated rings. The van der Waals surface area contributed by atoms with Crippen molar-refractivity contribution in [3.63, 3.8) is 0 Å². The van der Waals surface area contributed by atoms with E-state index < -0.39 is 4.92 Å². The summed E-state index contributed by atoms with van der Waals surface area (Å²) >= 11 is 0. The molecule has 1 aromatic rings. The Morgan fingerprint density at radius 2 is 2.04 bits per heavy atom. The Balaban J connectivity index is 2.47. The van der Waals surface area contributed by atoms with Gasteiger partial charge in [-0.25, -0.2) is 0 Å². The highest BCUT2D eigenvalue weighted by Gasteiger charge is 2.36. The van der Waals surface area contributed by atoms with Crippen LogP contribution in [0.1, 0.15) is 44.0 Å². The van der Waals surface area contributed by atoms with Crippen LogP contribution < -0.4 is 9.47 Å². The zero-order chi connectivity index (χ0) is 17.9. The minimum atomic E-state index is -0.550. The molecule has 24 heavy (non-hydrogen) atoms. The molecule has 0 N–H and O–H groups in total. The molecule has 0 unspecified atom stereocenters. The highest BCUT2D eigenvalue weighted by molar-refractivity contribution is 5.99. The lowest BCUT2D eigenvalue weighted by molar-refractivity contribution is -0.385. The summed E-state index contributed by atoms with van der Waals surface area (Å²) < 4.78 is 10.6. The quantitative estimate of drug-likeness (QED) is 0.537. The van der Waals surface area contributed by atoms with Crippen LogP contribution in [0.3, 0.4) is 0 Å². The first kappa shape index (κ1) is 18.0. The van der Waals surface area contributed by atoms with Crippen molar-refractivity contribution in [3.8, 4) is 11.5 Å². The van der Waals surface area contributed by atoms with Gasteiger partial charge in [0.15, 0.2) is 11.5 Å². The number of nitro groups is 1. The Morgan fingerprint density at radius 3 is 2.50 bits per heavy atom. The van der Waals surface area contributed by atoms with Crippen molar-refractivity contribution >= 4 is 11.6 Å². The molecule has 1 aliphatic carbocycles. The van der Waals surface area contributed by atoms with Gasteiger partial charge in [-0.15, -0.1) is 0 Å². The monoisotopic (exact) mass is 336 g/mol. The second kappa shape index (κ2) is 7.51. The number of rotatable bonds is 8. The molecule has 7 nitrogen and oxygen atoms in total. The van der Waals surface area contributed by atoms with E-state index in [1.54, 1.807) is 11.8 Å². The van der Waals surface area contributed by atoms with E-state index >= 15 is 0 Å². The fourth-order valence-electron chi connectivity index (χ4n) is 2.63. The van der Waals surface area contributed by atoms with Crippen molar-refractivity contribution < 1.29 is 19.2 Å². The predicted molar refractivity (Wildman–Crippen MR) is 89.7 cm³/mol. The SMILES string of the molecule is CCOc1cc(C(=O)N(CC(C)C)C2CC2)c([N+](=O)[O-])cc1OC. The molecule has 2 rings (SSSR count). The minimum absolute atomic E-state index is 0.0526. The van der Waals surface area contributed by atoms with E-state index in [0.29, 0.717) is 24.8 Å². The molecular formula is C17H24N2O5. The first-order valence-electron chi connectivity index (χ1n) is 8.19. The Morgan fingerprint density at radius 1 is 1.38 bits per heavy atom. The average molecular weight is 336 g/mol. The molecular weight excluding hydrogens is 312 g/mol. The van der Waals surface area contributed by atoms with Gasteiger partial charge in [0.25, 0.3) is 11.6 Å². The molecule has 1 aliphatic rings. The van der Waals surface area contributed by atoms with Crippen LogP contribution in [-0.4, -0.2) is 42.0 Å². The number of nitrogens with zero attached hydrogens (tertiary/aromatic N) is 2. The number of benzene rings is 1. The Labute approximate surface area is 141 Å². The van der Waals surface area contributed by atoms with Crippen LogP contribution in [0, 0.1) is 16.0 Å². The number of nitro benzene ring substituents is 1. The molecule has 0 saturated heterocycles. The van der Waals surface area contributed by atoms with Gasteiger partial charge in [0.1, 0.15) is 5.56 Å². The van der Waals surface area contributed by atoms with Crippen LogP contribution in [0.15, 0.2) is 12.1 Å². The molecule has 0 aromatic heterocycles. The molecule has 132 valence electrons. The van der Waals surface area contributed by atoms with E-state index in [-0.39, 0.29) is 28.9 Å². The zero-order valence-corrected chi connectivity index (χ0v) is 14.6. The van der Waals surface area contributed by atoms with E-state index in [2.05, 4.69) is 0 Å². The third-order valence-corrected chi connectivity index (χ3v) is 3.82. The van der Waals surface area contributed by atoms with Crippen LogP contribution in [0.25, 0.3) is 0 Å². The maximum atomic E-state index is 13.0. The van der Waals surface area contributed by atoms with Crippen LogP contribution >= 0.6 is 0 Å². The molecule has 1 aromatic carbocycles. The first-order valence-corrected chi connectivity index (χ1v) is 8.19. The lowest BCUT2D eigenvalue weighted by atomic mass is 10.1. The summed E-state index contributed by atoms with van der Waals surface area (Å²) in [6.45, 7) is 6.81. The van der Waals surface area contributed by atoms with Crippen LogP contribution in [-0.2, 0) is 0 Å². The van der Waals surface area contributed by atoms with Gasteiger partial charge >= 0.3 is 0 Å². The standard InChI is InChI=1S/C17H24N2O5/c1-5-24-16-8-13(14(19(21)22)9-15(16)23-4)17(20)18(10-11(2)3)12-6-7-12/h8-9,11-12H,5-7,10H2,1-4H3. The molecule has 0 atom stereocenters. The summed E-state index contributed by atoms with van der Waals surface area (Å²) in [6, 6.07) is 2.87. The summed E-state index contributed by atoms with van der Waals surface area (Å²) in [7, 11) is 1.42. The number of methoxy groups -OCH3 is 1. The van der Waals surface area contributed by atoms with Gasteiger partial charge < -0.3 is 14.4 Å². The average Bonchev–Trinajstić information content (AvgIpc) is 3.36. The molecule has 0 aliphatic heterocycles. The molecule has 7 heteroatoms. The smallest absolute Gasteiger partial charge is 0.286 e. The summed E-state index contributed by atoms with van der Waals surface area (Å²) in [5.41, 5.74) is -0.202. The summed E-state index contributed by atoms with van der Waals surface area (Å²) in [5.74, 6) is 0.566. The molecule has 0 spiro atoms. The fraction of sp³-hybridized carbons (Fsp3) is 0.588. The third-order valence-electron chi connectivity index (χ3n) is 3.82. The van der Waals surface area contributed by atoms with Crippen molar-refractivity contribution in [3.05, 3.63) is 27.8 Å². The fourth-order valence-corrected chi connectivity index (χ4v) is 2.63.